The Morgan fingerprint density at radius 1 is 1.24 bits per heavy atom. The van der Waals surface area contributed by atoms with Crippen LogP contribution < -0.4 is 0 Å². The van der Waals surface area contributed by atoms with E-state index >= 15 is 0 Å². The van der Waals surface area contributed by atoms with Gasteiger partial charge >= 0.3 is 0 Å². The molecule has 2 aliphatic rings. The molecular formula is C18H16Cl2N4O4S. The van der Waals surface area contributed by atoms with Gasteiger partial charge in [0.15, 0.2) is 21.4 Å². The Labute approximate surface area is 176 Å². The Hall–Kier alpha value is -2.10. The Bertz CT molecular complexity index is 1160. The normalized spacial score (nSPS) is 21.7. The van der Waals surface area contributed by atoms with Crippen molar-refractivity contribution in [3.05, 3.63) is 45.2 Å². The van der Waals surface area contributed by atoms with Crippen molar-refractivity contribution in [1.82, 2.24) is 20.2 Å². The molecule has 1 aromatic heterocycles. The Kier molecular flexibility index (Phi) is 5.08. The van der Waals surface area contributed by atoms with Crippen LogP contribution in [0, 0.1) is 11.8 Å². The lowest BCUT2D eigenvalue weighted by Gasteiger charge is -2.21. The summed E-state index contributed by atoms with van der Waals surface area (Å²) in [6.07, 6.45) is 4.50. The zero-order valence-electron chi connectivity index (χ0n) is 15.3. The fourth-order valence-corrected chi connectivity index (χ4v) is 5.69. The van der Waals surface area contributed by atoms with E-state index < -0.39 is 15.6 Å². The van der Waals surface area contributed by atoms with Gasteiger partial charge in [-0.05, 0) is 47.7 Å². The van der Waals surface area contributed by atoms with E-state index in [1.54, 1.807) is 0 Å². The number of ketones is 2. The van der Waals surface area contributed by atoms with Crippen LogP contribution in [0.25, 0.3) is 0 Å². The SMILES string of the molecule is CS(=O)(=O)c1ccc(C(=O)C2=C(Cl)C3CCC(C3)C2=O)c(Cl)c1Cn1cnnn1. The molecule has 1 heterocycles. The molecule has 0 amide bonds. The van der Waals surface area contributed by atoms with Crippen LogP contribution in [0.2, 0.25) is 5.02 Å². The monoisotopic (exact) mass is 454 g/mol. The molecule has 0 saturated heterocycles. The molecule has 0 aliphatic heterocycles. The molecule has 1 fully saturated rings. The zero-order valence-corrected chi connectivity index (χ0v) is 17.6. The molecule has 29 heavy (non-hydrogen) atoms. The maximum Gasteiger partial charge on any atom is 0.199 e. The second-order valence-corrected chi connectivity index (χ2v) is 10.1. The molecule has 0 radical (unpaired) electrons. The number of benzene rings is 1. The Morgan fingerprint density at radius 2 is 1.97 bits per heavy atom. The Morgan fingerprint density at radius 3 is 2.62 bits per heavy atom. The van der Waals surface area contributed by atoms with E-state index in [9.17, 15) is 18.0 Å². The minimum absolute atomic E-state index is 0.00748. The number of halogens is 2. The van der Waals surface area contributed by atoms with Crippen LogP contribution in [0.1, 0.15) is 35.2 Å². The van der Waals surface area contributed by atoms with Crippen molar-refractivity contribution in [2.24, 2.45) is 11.8 Å². The maximum atomic E-state index is 13.2. The van der Waals surface area contributed by atoms with Crippen molar-refractivity contribution >= 4 is 44.6 Å². The first-order chi connectivity index (χ1) is 13.7. The van der Waals surface area contributed by atoms with E-state index in [1.165, 1.54) is 23.1 Å². The van der Waals surface area contributed by atoms with Gasteiger partial charge in [0.05, 0.1) is 22.0 Å². The largest absolute Gasteiger partial charge is 0.294 e. The van der Waals surface area contributed by atoms with Crippen LogP contribution in [0.4, 0.5) is 0 Å². The van der Waals surface area contributed by atoms with Gasteiger partial charge in [0.25, 0.3) is 0 Å². The Balaban J connectivity index is 1.84. The quantitative estimate of drug-likeness (QED) is 0.503. The summed E-state index contributed by atoms with van der Waals surface area (Å²) >= 11 is 12.9. The lowest BCUT2D eigenvalue weighted by Crippen LogP contribution is -2.26. The first-order valence-corrected chi connectivity index (χ1v) is 11.5. The van der Waals surface area contributed by atoms with Crippen molar-refractivity contribution in [3.63, 3.8) is 0 Å². The number of Topliss-reactive ketones (excluding diaryl/α,β-unsaturated/α-hetero) is 2. The maximum absolute atomic E-state index is 13.2. The molecule has 1 saturated carbocycles. The van der Waals surface area contributed by atoms with Crippen LogP contribution in [0.5, 0.6) is 0 Å². The van der Waals surface area contributed by atoms with E-state index in [2.05, 4.69) is 15.5 Å². The van der Waals surface area contributed by atoms with Gasteiger partial charge < -0.3 is 0 Å². The molecule has 2 aliphatic carbocycles. The van der Waals surface area contributed by atoms with Crippen LogP contribution in [0.3, 0.4) is 0 Å². The number of tetrazole rings is 1. The number of carbonyl (C=O) groups is 2. The van der Waals surface area contributed by atoms with Gasteiger partial charge in [-0.2, -0.15) is 0 Å². The zero-order chi connectivity index (χ0) is 20.9. The van der Waals surface area contributed by atoms with E-state index in [0.29, 0.717) is 12.8 Å². The van der Waals surface area contributed by atoms with Crippen molar-refractivity contribution < 1.29 is 18.0 Å². The molecular weight excluding hydrogens is 439 g/mol. The van der Waals surface area contributed by atoms with Crippen molar-refractivity contribution in [1.29, 1.82) is 0 Å². The molecule has 8 nitrogen and oxygen atoms in total. The van der Waals surface area contributed by atoms with Crippen LogP contribution >= 0.6 is 23.2 Å². The molecule has 2 unspecified atom stereocenters. The standard InChI is InChI=1S/C18H16Cl2N4O4S/c1-29(27,28)13-5-4-11(16(20)12(13)7-24-8-21-22-23-24)18(26)14-15(19)9-2-3-10(6-9)17(14)25/h4-5,8-10H,2-3,6-7H2,1H3. The van der Waals surface area contributed by atoms with E-state index in [0.717, 1.165) is 12.7 Å². The molecule has 2 aromatic rings. The highest BCUT2D eigenvalue weighted by molar-refractivity contribution is 7.90. The molecule has 0 spiro atoms. The second-order valence-electron chi connectivity index (χ2n) is 7.31. The van der Waals surface area contributed by atoms with Gasteiger partial charge in [-0.25, -0.2) is 13.1 Å². The number of aromatic nitrogens is 4. The summed E-state index contributed by atoms with van der Waals surface area (Å²) in [5.41, 5.74) is 0.174. The number of allylic oxidation sites excluding steroid dienone is 2. The van der Waals surface area contributed by atoms with Gasteiger partial charge in [0, 0.05) is 28.3 Å². The molecule has 0 N–H and O–H groups in total. The summed E-state index contributed by atoms with van der Waals surface area (Å²) in [7, 11) is -3.64. The molecule has 2 bridgehead atoms. The highest BCUT2D eigenvalue weighted by atomic mass is 35.5. The summed E-state index contributed by atoms with van der Waals surface area (Å²) in [6, 6.07) is 2.63. The summed E-state index contributed by atoms with van der Waals surface area (Å²) in [5, 5.41) is 11.0. The van der Waals surface area contributed by atoms with Gasteiger partial charge in [0.1, 0.15) is 6.33 Å². The molecule has 4 rings (SSSR count). The molecule has 152 valence electrons. The van der Waals surface area contributed by atoms with E-state index in [4.69, 9.17) is 23.2 Å². The van der Waals surface area contributed by atoms with Crippen molar-refractivity contribution in [3.8, 4) is 0 Å². The van der Waals surface area contributed by atoms with Gasteiger partial charge in [-0.15, -0.1) is 5.10 Å². The van der Waals surface area contributed by atoms with Crippen LogP contribution in [0.15, 0.2) is 34.0 Å². The average Bonchev–Trinajstić information content (AvgIpc) is 3.31. The highest BCUT2D eigenvalue weighted by Crippen LogP contribution is 2.46. The summed E-state index contributed by atoms with van der Waals surface area (Å²) in [5.74, 6) is -1.04. The number of carbonyl (C=O) groups excluding carboxylic acids is 2. The number of fused-ring (bicyclic) bond motifs is 2. The van der Waals surface area contributed by atoms with Gasteiger partial charge in [-0.1, -0.05) is 23.2 Å². The average molecular weight is 455 g/mol. The predicted octanol–water partition coefficient (Wildman–Crippen LogP) is 2.45. The van der Waals surface area contributed by atoms with E-state index in [1.807, 2.05) is 0 Å². The number of rotatable bonds is 5. The summed E-state index contributed by atoms with van der Waals surface area (Å²) in [4.78, 5) is 25.9. The third kappa shape index (κ3) is 3.51. The minimum atomic E-state index is -3.64. The van der Waals surface area contributed by atoms with Crippen LogP contribution in [-0.2, 0) is 21.2 Å². The lowest BCUT2D eigenvalue weighted by molar-refractivity contribution is -0.119. The van der Waals surface area contributed by atoms with Gasteiger partial charge in [0.2, 0.25) is 0 Å². The number of nitrogens with zero attached hydrogens (tertiary/aromatic N) is 4. The summed E-state index contributed by atoms with van der Waals surface area (Å²) < 4.78 is 25.7. The fraction of sp³-hybridized carbons (Fsp3) is 0.389. The minimum Gasteiger partial charge on any atom is -0.294 e. The van der Waals surface area contributed by atoms with Crippen molar-refractivity contribution in [2.75, 3.05) is 6.26 Å². The number of sulfone groups is 1. The molecule has 2 atom stereocenters. The third-order valence-electron chi connectivity index (χ3n) is 5.43. The van der Waals surface area contributed by atoms with Crippen LogP contribution in [-0.4, -0.2) is 46.4 Å². The fourth-order valence-electron chi connectivity index (χ4n) is 4.02. The number of hydrogen-bond donors (Lipinski definition) is 0. The first kappa shape index (κ1) is 20.2. The lowest BCUT2D eigenvalue weighted by atomic mass is 9.84. The highest BCUT2D eigenvalue weighted by Gasteiger charge is 2.43. The smallest absolute Gasteiger partial charge is 0.199 e. The van der Waals surface area contributed by atoms with Gasteiger partial charge in [-0.3, -0.25) is 9.59 Å². The first-order valence-electron chi connectivity index (χ1n) is 8.89. The third-order valence-corrected chi connectivity index (χ3v) is 7.54. The summed E-state index contributed by atoms with van der Waals surface area (Å²) in [6.45, 7) is -0.0542. The van der Waals surface area contributed by atoms with Crippen molar-refractivity contribution in [2.45, 2.75) is 30.7 Å². The number of hydrogen-bond acceptors (Lipinski definition) is 7. The van der Waals surface area contributed by atoms with E-state index in [-0.39, 0.29) is 55.8 Å². The molecule has 11 heteroatoms. The topological polar surface area (TPSA) is 112 Å². The second kappa shape index (κ2) is 7.30. The predicted molar refractivity (Wildman–Crippen MR) is 105 cm³/mol. The molecule has 1 aromatic carbocycles.